The van der Waals surface area contributed by atoms with Crippen LogP contribution in [0.15, 0.2) is 54.6 Å². The van der Waals surface area contributed by atoms with Crippen molar-refractivity contribution in [1.82, 2.24) is 0 Å². The number of carbonyl (C=O) groups is 1. The number of aryl methyl sites for hydroxylation is 2. The highest BCUT2D eigenvalue weighted by atomic mass is 16.2. The Hall–Kier alpha value is -2.39. The zero-order valence-electron chi connectivity index (χ0n) is 15.3. The highest BCUT2D eigenvalue weighted by molar-refractivity contribution is 5.94. The quantitative estimate of drug-likeness (QED) is 0.885. The highest BCUT2D eigenvalue weighted by Gasteiger charge is 2.27. The third-order valence-corrected chi connectivity index (χ3v) is 5.13. The minimum Gasteiger partial charge on any atom is -0.321 e. The largest absolute Gasteiger partial charge is 0.321 e. The lowest BCUT2D eigenvalue weighted by Gasteiger charge is -2.28. The topological polar surface area (TPSA) is 33.5 Å². The van der Waals surface area contributed by atoms with Crippen LogP contribution in [0.3, 0.4) is 0 Å². The summed E-state index contributed by atoms with van der Waals surface area (Å²) in [4.78, 5) is 14.0. The van der Waals surface area contributed by atoms with Crippen molar-refractivity contribution in [2.75, 3.05) is 18.4 Å². The second-order valence-electron chi connectivity index (χ2n) is 6.99. The average molecular weight is 335 g/mol. The zero-order valence-corrected chi connectivity index (χ0v) is 15.3. The van der Waals surface area contributed by atoms with Gasteiger partial charge in [0.05, 0.1) is 13.1 Å². The van der Waals surface area contributed by atoms with Crippen LogP contribution in [0, 0.1) is 13.8 Å². The van der Waals surface area contributed by atoms with E-state index in [0.29, 0.717) is 0 Å². The first kappa shape index (κ1) is 17.4. The van der Waals surface area contributed by atoms with Crippen molar-refractivity contribution in [3.8, 4) is 0 Å². The molecule has 0 bridgehead atoms. The van der Waals surface area contributed by atoms with Gasteiger partial charge in [-0.1, -0.05) is 42.5 Å². The third-order valence-electron chi connectivity index (χ3n) is 5.13. The first-order chi connectivity index (χ1) is 12.0. The van der Waals surface area contributed by atoms with Crippen molar-refractivity contribution < 1.29 is 9.69 Å². The molecule has 0 spiro atoms. The average Bonchev–Trinajstić information content (AvgIpc) is 2.65. The van der Waals surface area contributed by atoms with Crippen molar-refractivity contribution in [3.63, 3.8) is 0 Å². The van der Waals surface area contributed by atoms with Gasteiger partial charge >= 0.3 is 0 Å². The second-order valence-corrected chi connectivity index (χ2v) is 6.99. The molecule has 25 heavy (non-hydrogen) atoms. The van der Waals surface area contributed by atoms with E-state index in [1.165, 1.54) is 16.0 Å². The molecule has 0 saturated heterocycles. The summed E-state index contributed by atoms with van der Waals surface area (Å²) >= 11 is 0. The van der Waals surface area contributed by atoms with E-state index >= 15 is 0 Å². The molecule has 3 nitrogen and oxygen atoms in total. The van der Waals surface area contributed by atoms with Crippen LogP contribution in [0.4, 0.5) is 5.69 Å². The summed E-state index contributed by atoms with van der Waals surface area (Å²) in [6.45, 7) is 7.98. The summed E-state index contributed by atoms with van der Waals surface area (Å²) in [5.74, 6) is 0.0975. The zero-order chi connectivity index (χ0) is 17.8. The molecule has 0 aliphatic carbocycles. The van der Waals surface area contributed by atoms with Crippen LogP contribution < -0.4 is 10.2 Å². The van der Waals surface area contributed by atoms with Gasteiger partial charge in [-0.15, -0.1) is 0 Å². The monoisotopic (exact) mass is 335 g/mol. The van der Waals surface area contributed by atoms with Crippen molar-refractivity contribution in [2.24, 2.45) is 0 Å². The van der Waals surface area contributed by atoms with Gasteiger partial charge in [0.15, 0.2) is 6.04 Å². The maximum Gasteiger partial charge on any atom is 0.282 e. The molecule has 0 fully saturated rings. The summed E-state index contributed by atoms with van der Waals surface area (Å²) in [5, 5.41) is 3.11. The van der Waals surface area contributed by atoms with Crippen molar-refractivity contribution >= 4 is 17.2 Å². The number of hydrogen-bond acceptors (Lipinski definition) is 1. The van der Waals surface area contributed by atoms with Gasteiger partial charge in [0, 0.05) is 12.1 Å². The van der Waals surface area contributed by atoms with Gasteiger partial charge in [-0.3, -0.25) is 4.79 Å². The minimum atomic E-state index is -0.0616. The fourth-order valence-electron chi connectivity index (χ4n) is 3.36. The van der Waals surface area contributed by atoms with E-state index < -0.39 is 0 Å². The molecule has 3 rings (SSSR count). The molecular weight excluding hydrogens is 308 g/mol. The fraction of sp³-hybridized carbons (Fsp3) is 0.318. The molecule has 2 aromatic carbocycles. The first-order valence-electron chi connectivity index (χ1n) is 9.02. The van der Waals surface area contributed by atoms with Crippen LogP contribution >= 0.6 is 0 Å². The molecule has 1 amide bonds. The Kier molecular flexibility index (Phi) is 5.34. The molecule has 1 unspecified atom stereocenters. The minimum absolute atomic E-state index is 0.0616. The molecule has 1 heterocycles. The Labute approximate surface area is 150 Å². The van der Waals surface area contributed by atoms with Crippen LogP contribution in [0.2, 0.25) is 0 Å². The molecule has 130 valence electrons. The number of hydrogen-bond donors (Lipinski definition) is 2. The highest BCUT2D eigenvalue weighted by Crippen LogP contribution is 2.18. The summed E-state index contributed by atoms with van der Waals surface area (Å²) < 4.78 is 0. The van der Waals surface area contributed by atoms with Gasteiger partial charge in [0.2, 0.25) is 0 Å². The molecule has 0 saturated carbocycles. The van der Waals surface area contributed by atoms with Crippen LogP contribution in [0.5, 0.6) is 0 Å². The number of carbonyl (C=O) groups excluding carboxylic acids is 1. The lowest BCUT2D eigenvalue weighted by atomic mass is 9.99. The van der Waals surface area contributed by atoms with E-state index in [2.05, 4.69) is 47.8 Å². The molecule has 0 radical (unpaired) electrons. The van der Waals surface area contributed by atoms with Crippen LogP contribution in [0.25, 0.3) is 5.57 Å². The molecule has 2 N–H and O–H groups in total. The number of quaternary nitrogens is 1. The Bertz CT molecular complexity index is 780. The molecule has 1 aliphatic heterocycles. The second kappa shape index (κ2) is 7.66. The summed E-state index contributed by atoms with van der Waals surface area (Å²) in [5.41, 5.74) is 5.88. The summed E-state index contributed by atoms with van der Waals surface area (Å²) in [7, 11) is 0. The third kappa shape index (κ3) is 4.18. The van der Waals surface area contributed by atoms with Crippen LogP contribution in [-0.2, 0) is 4.79 Å². The van der Waals surface area contributed by atoms with E-state index in [4.69, 9.17) is 0 Å². The summed E-state index contributed by atoms with van der Waals surface area (Å²) in [6, 6.07) is 16.6. The molecular formula is C22H27N2O+. The Morgan fingerprint density at radius 1 is 1.12 bits per heavy atom. The van der Waals surface area contributed by atoms with E-state index in [9.17, 15) is 4.79 Å². The van der Waals surface area contributed by atoms with Gasteiger partial charge < -0.3 is 10.2 Å². The maximum absolute atomic E-state index is 12.7. The normalized spacial score (nSPS) is 18.4. The SMILES string of the molecule is Cc1ccc(C)c(NC(=O)[C@@H](C)[NH+]2CC=C(c3ccccc3)CC2)c1. The van der Waals surface area contributed by atoms with Crippen LogP contribution in [-0.4, -0.2) is 25.0 Å². The van der Waals surface area contributed by atoms with Crippen molar-refractivity contribution in [3.05, 3.63) is 71.3 Å². The lowest BCUT2D eigenvalue weighted by Crippen LogP contribution is -3.17. The van der Waals surface area contributed by atoms with Gasteiger partial charge in [0.25, 0.3) is 5.91 Å². The Balaban J connectivity index is 1.64. The van der Waals surface area contributed by atoms with Crippen molar-refractivity contribution in [1.29, 1.82) is 0 Å². The van der Waals surface area contributed by atoms with E-state index in [-0.39, 0.29) is 11.9 Å². The number of nitrogens with one attached hydrogen (secondary N) is 2. The standard InChI is InChI=1S/C22H26N2O/c1-16-9-10-17(2)21(15-16)23-22(25)18(3)24-13-11-20(12-14-24)19-7-5-4-6-8-19/h4-11,15,18H,12-14H2,1-3H3,(H,23,25)/p+1/t18-/m1/s1. The fourth-order valence-corrected chi connectivity index (χ4v) is 3.36. The van der Waals surface area contributed by atoms with Gasteiger partial charge in [-0.2, -0.15) is 0 Å². The number of benzene rings is 2. The molecule has 2 aromatic rings. The van der Waals surface area contributed by atoms with Crippen molar-refractivity contribution in [2.45, 2.75) is 33.2 Å². The molecule has 3 heteroatoms. The Morgan fingerprint density at radius 2 is 1.88 bits per heavy atom. The van der Waals surface area contributed by atoms with Gasteiger partial charge in [-0.05, 0) is 55.2 Å². The molecule has 1 aliphatic rings. The predicted molar refractivity (Wildman–Crippen MR) is 104 cm³/mol. The smallest absolute Gasteiger partial charge is 0.282 e. The number of anilines is 1. The number of rotatable bonds is 4. The van der Waals surface area contributed by atoms with Gasteiger partial charge in [0.1, 0.15) is 0 Å². The maximum atomic E-state index is 12.7. The van der Waals surface area contributed by atoms with E-state index in [1.807, 2.05) is 32.9 Å². The predicted octanol–water partition coefficient (Wildman–Crippen LogP) is 3.00. The molecule has 0 aromatic heterocycles. The number of amides is 1. The Morgan fingerprint density at radius 3 is 2.56 bits per heavy atom. The van der Waals surface area contributed by atoms with Gasteiger partial charge in [-0.25, -0.2) is 0 Å². The lowest BCUT2D eigenvalue weighted by molar-refractivity contribution is -0.909. The van der Waals surface area contributed by atoms with Crippen LogP contribution in [0.1, 0.15) is 30.0 Å². The first-order valence-corrected chi connectivity index (χ1v) is 9.02. The summed E-state index contributed by atoms with van der Waals surface area (Å²) in [6.07, 6.45) is 3.30. The van der Waals surface area contributed by atoms with E-state index in [1.54, 1.807) is 0 Å². The van der Waals surface area contributed by atoms with E-state index in [0.717, 1.165) is 36.3 Å². The molecule has 2 atom stereocenters.